The van der Waals surface area contributed by atoms with Crippen LogP contribution in [0.25, 0.3) is 0 Å². The molecular weight excluding hydrogens is 347 g/mol. The average molecular weight is 371 g/mol. The number of hydrogen-bond donors (Lipinski definition) is 3. The van der Waals surface area contributed by atoms with Gasteiger partial charge in [0.1, 0.15) is 5.82 Å². The van der Waals surface area contributed by atoms with Crippen LogP contribution in [-0.2, 0) is 0 Å². The number of nitrogens with one attached hydrogen (secondary N) is 3. The molecular formula is C17H24ClFN4O2. The van der Waals surface area contributed by atoms with Crippen molar-refractivity contribution >= 4 is 30.0 Å². The molecule has 3 amide bonds. The van der Waals surface area contributed by atoms with Crippen LogP contribution in [0.2, 0.25) is 0 Å². The molecule has 1 aromatic rings. The summed E-state index contributed by atoms with van der Waals surface area (Å²) in [4.78, 5) is 25.6. The zero-order valence-corrected chi connectivity index (χ0v) is 15.0. The Morgan fingerprint density at radius 1 is 1.32 bits per heavy atom. The van der Waals surface area contributed by atoms with E-state index >= 15 is 0 Å². The van der Waals surface area contributed by atoms with E-state index in [4.69, 9.17) is 0 Å². The fraction of sp³-hybridized carbons (Fsp3) is 0.529. The molecule has 0 atom stereocenters. The van der Waals surface area contributed by atoms with Gasteiger partial charge in [-0.05, 0) is 49.5 Å². The highest BCUT2D eigenvalue weighted by molar-refractivity contribution is 5.98. The van der Waals surface area contributed by atoms with Crippen molar-refractivity contribution in [2.24, 2.45) is 5.41 Å². The molecule has 2 heterocycles. The molecule has 25 heavy (non-hydrogen) atoms. The van der Waals surface area contributed by atoms with E-state index in [0.29, 0.717) is 25.3 Å². The van der Waals surface area contributed by atoms with Gasteiger partial charge in [0.15, 0.2) is 0 Å². The lowest BCUT2D eigenvalue weighted by molar-refractivity contribution is 0.0918. The first-order valence-electron chi connectivity index (χ1n) is 8.32. The van der Waals surface area contributed by atoms with Gasteiger partial charge in [0.2, 0.25) is 0 Å². The van der Waals surface area contributed by atoms with Crippen LogP contribution in [0, 0.1) is 11.2 Å². The summed E-state index contributed by atoms with van der Waals surface area (Å²) in [5, 5.41) is 8.84. The van der Waals surface area contributed by atoms with E-state index in [1.165, 1.54) is 23.1 Å². The van der Waals surface area contributed by atoms with Crippen LogP contribution in [0.1, 0.15) is 30.1 Å². The van der Waals surface area contributed by atoms with Gasteiger partial charge in [-0.1, -0.05) is 6.92 Å². The predicted octanol–water partition coefficient (Wildman–Crippen LogP) is 1.90. The van der Waals surface area contributed by atoms with E-state index in [9.17, 15) is 14.0 Å². The lowest BCUT2D eigenvalue weighted by Crippen LogP contribution is -2.43. The molecule has 8 heteroatoms. The Balaban J connectivity index is 0.00000225. The average Bonchev–Trinajstić information content (AvgIpc) is 3.00. The lowest BCUT2D eigenvalue weighted by atomic mass is 9.81. The molecule has 3 rings (SSSR count). The highest BCUT2D eigenvalue weighted by Crippen LogP contribution is 2.27. The van der Waals surface area contributed by atoms with E-state index < -0.39 is 11.7 Å². The van der Waals surface area contributed by atoms with Crippen molar-refractivity contribution in [2.45, 2.75) is 19.8 Å². The molecule has 0 unspecified atom stereocenters. The zero-order valence-electron chi connectivity index (χ0n) is 14.2. The summed E-state index contributed by atoms with van der Waals surface area (Å²) in [7, 11) is 0. The van der Waals surface area contributed by atoms with Gasteiger partial charge in [-0.3, -0.25) is 9.69 Å². The van der Waals surface area contributed by atoms with Crippen molar-refractivity contribution in [3.05, 3.63) is 29.6 Å². The lowest BCUT2D eigenvalue weighted by Gasteiger charge is -2.34. The fourth-order valence-electron chi connectivity index (χ4n) is 3.17. The number of anilines is 1. The molecule has 0 bridgehead atoms. The maximum atomic E-state index is 14.1. The third-order valence-corrected chi connectivity index (χ3v) is 4.85. The number of rotatable bonds is 4. The number of hydrogen-bond acceptors (Lipinski definition) is 3. The molecule has 0 spiro atoms. The molecule has 2 aliphatic rings. The normalized spacial score (nSPS) is 19.1. The van der Waals surface area contributed by atoms with Crippen molar-refractivity contribution in [2.75, 3.05) is 37.6 Å². The number of urea groups is 1. The van der Waals surface area contributed by atoms with Crippen LogP contribution < -0.4 is 20.9 Å². The van der Waals surface area contributed by atoms with E-state index in [1.54, 1.807) is 0 Å². The number of halogens is 2. The van der Waals surface area contributed by atoms with E-state index in [-0.39, 0.29) is 29.4 Å². The molecule has 0 aromatic heterocycles. The zero-order chi connectivity index (χ0) is 17.2. The van der Waals surface area contributed by atoms with Gasteiger partial charge < -0.3 is 16.0 Å². The SMILES string of the molecule is CC1(CNC(=O)c2cc(N3CCNC3=O)ccc2F)CCNCC1.Cl. The van der Waals surface area contributed by atoms with Crippen LogP contribution in [-0.4, -0.2) is 44.7 Å². The second-order valence-electron chi connectivity index (χ2n) is 6.79. The monoisotopic (exact) mass is 370 g/mol. The summed E-state index contributed by atoms with van der Waals surface area (Å²) >= 11 is 0. The Labute approximate surface area is 152 Å². The number of carbonyl (C=O) groups excluding carboxylic acids is 2. The van der Waals surface area contributed by atoms with Crippen LogP contribution in [0.5, 0.6) is 0 Å². The molecule has 138 valence electrons. The quantitative estimate of drug-likeness (QED) is 0.757. The fourth-order valence-corrected chi connectivity index (χ4v) is 3.17. The molecule has 0 saturated carbocycles. The van der Waals surface area contributed by atoms with E-state index in [1.807, 2.05) is 0 Å². The molecule has 6 nitrogen and oxygen atoms in total. The second kappa shape index (κ2) is 8.01. The first-order chi connectivity index (χ1) is 11.5. The van der Waals surface area contributed by atoms with Crippen molar-refractivity contribution in [3.63, 3.8) is 0 Å². The molecule has 0 aliphatic carbocycles. The van der Waals surface area contributed by atoms with Gasteiger partial charge in [0, 0.05) is 25.3 Å². The molecule has 0 radical (unpaired) electrons. The molecule has 2 fully saturated rings. The molecule has 2 aliphatic heterocycles. The Hall–Kier alpha value is -1.86. The van der Waals surface area contributed by atoms with Crippen LogP contribution >= 0.6 is 12.4 Å². The Morgan fingerprint density at radius 2 is 2.04 bits per heavy atom. The Bertz CT molecular complexity index is 650. The number of piperidine rings is 1. The molecule has 1 aromatic carbocycles. The molecule has 2 saturated heterocycles. The minimum atomic E-state index is -0.577. The van der Waals surface area contributed by atoms with Crippen molar-refractivity contribution in [3.8, 4) is 0 Å². The minimum Gasteiger partial charge on any atom is -0.351 e. The number of benzene rings is 1. The second-order valence-corrected chi connectivity index (χ2v) is 6.79. The highest BCUT2D eigenvalue weighted by atomic mass is 35.5. The van der Waals surface area contributed by atoms with Gasteiger partial charge in [-0.2, -0.15) is 0 Å². The maximum Gasteiger partial charge on any atom is 0.321 e. The molecule has 3 N–H and O–H groups in total. The minimum absolute atomic E-state index is 0. The van der Waals surface area contributed by atoms with Gasteiger partial charge >= 0.3 is 6.03 Å². The number of nitrogens with zero attached hydrogens (tertiary/aromatic N) is 1. The number of carbonyl (C=O) groups is 2. The first-order valence-corrected chi connectivity index (χ1v) is 8.32. The van der Waals surface area contributed by atoms with Crippen molar-refractivity contribution in [1.29, 1.82) is 0 Å². The van der Waals surface area contributed by atoms with E-state index in [2.05, 4.69) is 22.9 Å². The first kappa shape index (κ1) is 19.5. The third-order valence-electron chi connectivity index (χ3n) is 4.85. The topological polar surface area (TPSA) is 73.5 Å². The summed E-state index contributed by atoms with van der Waals surface area (Å²) in [6.07, 6.45) is 1.95. The van der Waals surface area contributed by atoms with Crippen LogP contribution in [0.4, 0.5) is 14.9 Å². The van der Waals surface area contributed by atoms with Gasteiger partial charge in [0.05, 0.1) is 5.56 Å². The summed E-state index contributed by atoms with van der Waals surface area (Å²) in [6, 6.07) is 3.98. The van der Waals surface area contributed by atoms with Crippen molar-refractivity contribution in [1.82, 2.24) is 16.0 Å². The summed E-state index contributed by atoms with van der Waals surface area (Å²) in [5.74, 6) is -1.01. The number of amides is 3. The van der Waals surface area contributed by atoms with Gasteiger partial charge in [-0.25, -0.2) is 9.18 Å². The highest BCUT2D eigenvalue weighted by Gasteiger charge is 2.28. The maximum absolute atomic E-state index is 14.1. The van der Waals surface area contributed by atoms with E-state index in [0.717, 1.165) is 25.9 Å². The summed E-state index contributed by atoms with van der Waals surface area (Å²) in [6.45, 7) is 5.57. The van der Waals surface area contributed by atoms with Gasteiger partial charge in [-0.15, -0.1) is 12.4 Å². The summed E-state index contributed by atoms with van der Waals surface area (Å²) in [5.41, 5.74) is 0.540. The van der Waals surface area contributed by atoms with Crippen LogP contribution in [0.3, 0.4) is 0 Å². The predicted molar refractivity (Wildman–Crippen MR) is 96.9 cm³/mol. The summed E-state index contributed by atoms with van der Waals surface area (Å²) < 4.78 is 14.1. The largest absolute Gasteiger partial charge is 0.351 e. The third kappa shape index (κ3) is 4.41. The Morgan fingerprint density at radius 3 is 2.68 bits per heavy atom. The standard InChI is InChI=1S/C17H23FN4O2.ClH/c1-17(4-6-19-7-5-17)11-21-15(23)13-10-12(2-3-14(13)18)22-9-8-20-16(22)24;/h2-3,10,19H,4-9,11H2,1H3,(H,20,24)(H,21,23);1H. The Kier molecular flexibility index (Phi) is 6.24. The van der Waals surface area contributed by atoms with Crippen molar-refractivity contribution < 1.29 is 14.0 Å². The van der Waals surface area contributed by atoms with Crippen LogP contribution in [0.15, 0.2) is 18.2 Å². The van der Waals surface area contributed by atoms with Gasteiger partial charge in [0.25, 0.3) is 5.91 Å². The smallest absolute Gasteiger partial charge is 0.321 e.